The van der Waals surface area contributed by atoms with Gasteiger partial charge in [0.2, 0.25) is 0 Å². The van der Waals surface area contributed by atoms with Crippen molar-refractivity contribution < 1.29 is 0 Å². The summed E-state index contributed by atoms with van der Waals surface area (Å²) in [6.45, 7) is 0.888. The molecule has 4 bridgehead atoms. The molecule has 0 aromatic carbocycles. The van der Waals surface area contributed by atoms with Crippen LogP contribution in [0.5, 0.6) is 0 Å². The second-order valence-electron chi connectivity index (χ2n) is 7.93. The summed E-state index contributed by atoms with van der Waals surface area (Å²) in [7, 11) is 2.35. The Balaban J connectivity index is 1.61. The molecule has 1 atom stereocenters. The van der Waals surface area contributed by atoms with Crippen LogP contribution in [0, 0.1) is 23.2 Å². The van der Waals surface area contributed by atoms with Gasteiger partial charge in [0, 0.05) is 18.6 Å². The van der Waals surface area contributed by atoms with Gasteiger partial charge in [0.1, 0.15) is 0 Å². The second-order valence-corrected chi connectivity index (χ2v) is 7.93. The first kappa shape index (κ1) is 11.7. The average Bonchev–Trinajstić information content (AvgIpc) is 3.10. The lowest BCUT2D eigenvalue weighted by molar-refractivity contribution is -0.0960. The molecule has 0 amide bonds. The van der Waals surface area contributed by atoms with Crippen LogP contribution in [-0.4, -0.2) is 30.6 Å². The van der Waals surface area contributed by atoms with Crippen LogP contribution in [0.15, 0.2) is 0 Å². The van der Waals surface area contributed by atoms with E-state index in [1.165, 1.54) is 32.1 Å². The summed E-state index contributed by atoms with van der Waals surface area (Å²) in [4.78, 5) is 2.67. The first-order valence-corrected chi connectivity index (χ1v) is 8.12. The Kier molecular flexibility index (Phi) is 2.58. The van der Waals surface area contributed by atoms with Crippen LogP contribution in [-0.2, 0) is 0 Å². The molecule has 0 spiro atoms. The van der Waals surface area contributed by atoms with Crippen LogP contribution < -0.4 is 5.73 Å². The second kappa shape index (κ2) is 3.96. The molecule has 2 nitrogen and oxygen atoms in total. The summed E-state index contributed by atoms with van der Waals surface area (Å²) in [5, 5.41) is 0. The molecule has 2 heteroatoms. The SMILES string of the molecule is CN(C1CC1)C(CN)C12CC3CC(CC(C3)C1)C2. The lowest BCUT2D eigenvalue weighted by atomic mass is 9.47. The Labute approximate surface area is 111 Å². The van der Waals surface area contributed by atoms with E-state index in [9.17, 15) is 0 Å². The van der Waals surface area contributed by atoms with Crippen molar-refractivity contribution in [3.63, 3.8) is 0 Å². The Morgan fingerprint density at radius 2 is 1.56 bits per heavy atom. The van der Waals surface area contributed by atoms with E-state index in [0.717, 1.165) is 30.3 Å². The molecule has 5 aliphatic rings. The van der Waals surface area contributed by atoms with Gasteiger partial charge in [0.25, 0.3) is 0 Å². The molecular weight excluding hydrogens is 220 g/mol. The highest BCUT2D eigenvalue weighted by Crippen LogP contribution is 2.62. The molecule has 0 aromatic heterocycles. The maximum absolute atomic E-state index is 6.22. The Bertz CT molecular complexity index is 299. The highest BCUT2D eigenvalue weighted by atomic mass is 15.2. The van der Waals surface area contributed by atoms with Gasteiger partial charge in [-0.25, -0.2) is 0 Å². The van der Waals surface area contributed by atoms with Crippen molar-refractivity contribution in [3.8, 4) is 0 Å². The van der Waals surface area contributed by atoms with E-state index in [2.05, 4.69) is 11.9 Å². The molecule has 0 saturated heterocycles. The smallest absolute Gasteiger partial charge is 0.0274 e. The maximum atomic E-state index is 6.22. The zero-order valence-corrected chi connectivity index (χ0v) is 11.8. The first-order valence-electron chi connectivity index (χ1n) is 8.12. The molecule has 0 heterocycles. The van der Waals surface area contributed by atoms with E-state index >= 15 is 0 Å². The standard InChI is InChI=1S/C16H28N2/c1-18(14-2-3-14)15(10-17)16-7-11-4-12(8-16)6-13(5-11)9-16/h11-15H,2-10,17H2,1H3. The van der Waals surface area contributed by atoms with Crippen molar-refractivity contribution in [1.29, 1.82) is 0 Å². The zero-order valence-electron chi connectivity index (χ0n) is 11.8. The number of hydrogen-bond acceptors (Lipinski definition) is 2. The largest absolute Gasteiger partial charge is 0.329 e. The zero-order chi connectivity index (χ0) is 12.3. The van der Waals surface area contributed by atoms with Gasteiger partial charge in [-0.15, -0.1) is 0 Å². The average molecular weight is 248 g/mol. The summed E-state index contributed by atoms with van der Waals surface area (Å²) >= 11 is 0. The van der Waals surface area contributed by atoms with Crippen molar-refractivity contribution in [2.45, 2.75) is 63.5 Å². The fourth-order valence-electron chi connectivity index (χ4n) is 6.17. The van der Waals surface area contributed by atoms with Gasteiger partial charge in [-0.1, -0.05) is 0 Å². The Morgan fingerprint density at radius 3 is 1.94 bits per heavy atom. The third kappa shape index (κ3) is 1.68. The molecule has 0 aliphatic heterocycles. The number of nitrogens with two attached hydrogens (primary N) is 1. The fourth-order valence-corrected chi connectivity index (χ4v) is 6.17. The summed E-state index contributed by atoms with van der Waals surface area (Å²) in [6, 6.07) is 1.55. The van der Waals surface area contributed by atoms with E-state index in [-0.39, 0.29) is 0 Å². The van der Waals surface area contributed by atoms with Crippen molar-refractivity contribution in [3.05, 3.63) is 0 Å². The van der Waals surface area contributed by atoms with Gasteiger partial charge in [-0.2, -0.15) is 0 Å². The topological polar surface area (TPSA) is 29.3 Å². The third-order valence-electron chi connectivity index (χ3n) is 6.63. The van der Waals surface area contributed by atoms with Crippen molar-refractivity contribution in [1.82, 2.24) is 4.90 Å². The number of rotatable bonds is 4. The molecule has 2 N–H and O–H groups in total. The summed E-state index contributed by atoms with van der Waals surface area (Å²) in [6.07, 6.45) is 12.0. The molecule has 1 unspecified atom stereocenters. The Hall–Kier alpha value is -0.0800. The minimum absolute atomic E-state index is 0.612. The lowest BCUT2D eigenvalue weighted by Crippen LogP contribution is -2.59. The van der Waals surface area contributed by atoms with E-state index in [1.807, 2.05) is 0 Å². The van der Waals surface area contributed by atoms with Crippen LogP contribution >= 0.6 is 0 Å². The predicted molar refractivity (Wildman–Crippen MR) is 74.2 cm³/mol. The van der Waals surface area contributed by atoms with Crippen molar-refractivity contribution >= 4 is 0 Å². The van der Waals surface area contributed by atoms with Crippen LogP contribution in [0.25, 0.3) is 0 Å². The van der Waals surface area contributed by atoms with E-state index in [4.69, 9.17) is 5.73 Å². The number of hydrogen-bond donors (Lipinski definition) is 1. The molecular formula is C16H28N2. The minimum Gasteiger partial charge on any atom is -0.329 e. The van der Waals surface area contributed by atoms with Gasteiger partial charge in [-0.05, 0) is 81.6 Å². The first-order chi connectivity index (χ1) is 8.70. The van der Waals surface area contributed by atoms with Gasteiger partial charge in [0.05, 0.1) is 0 Å². The molecule has 5 aliphatic carbocycles. The van der Waals surface area contributed by atoms with E-state index < -0.39 is 0 Å². The molecule has 0 aromatic rings. The van der Waals surface area contributed by atoms with Crippen LogP contribution in [0.4, 0.5) is 0 Å². The van der Waals surface area contributed by atoms with Crippen LogP contribution in [0.1, 0.15) is 51.4 Å². The quantitative estimate of drug-likeness (QED) is 0.828. The monoisotopic (exact) mass is 248 g/mol. The van der Waals surface area contributed by atoms with Gasteiger partial charge < -0.3 is 5.73 Å². The molecule has 5 fully saturated rings. The van der Waals surface area contributed by atoms with Gasteiger partial charge in [0.15, 0.2) is 0 Å². The minimum atomic E-state index is 0.612. The molecule has 18 heavy (non-hydrogen) atoms. The summed E-state index contributed by atoms with van der Waals surface area (Å²) in [5.41, 5.74) is 6.83. The summed E-state index contributed by atoms with van der Waals surface area (Å²) < 4.78 is 0. The van der Waals surface area contributed by atoms with Crippen LogP contribution in [0.2, 0.25) is 0 Å². The number of nitrogens with zero attached hydrogens (tertiary/aromatic N) is 1. The maximum Gasteiger partial charge on any atom is 0.0274 e. The Morgan fingerprint density at radius 1 is 1.06 bits per heavy atom. The fraction of sp³-hybridized carbons (Fsp3) is 1.00. The van der Waals surface area contributed by atoms with Crippen LogP contribution in [0.3, 0.4) is 0 Å². The molecule has 5 rings (SSSR count). The predicted octanol–water partition coefficient (Wildman–Crippen LogP) is 2.62. The normalized spacial score (nSPS) is 47.8. The molecule has 5 saturated carbocycles. The molecule has 102 valence electrons. The van der Waals surface area contributed by atoms with Crippen molar-refractivity contribution in [2.75, 3.05) is 13.6 Å². The van der Waals surface area contributed by atoms with Crippen molar-refractivity contribution in [2.24, 2.45) is 28.9 Å². The summed E-state index contributed by atoms with van der Waals surface area (Å²) in [5.74, 6) is 3.16. The van der Waals surface area contributed by atoms with Gasteiger partial charge in [-0.3, -0.25) is 4.90 Å². The van der Waals surface area contributed by atoms with E-state index in [1.54, 1.807) is 19.3 Å². The van der Waals surface area contributed by atoms with E-state index in [0.29, 0.717) is 11.5 Å². The highest BCUT2D eigenvalue weighted by molar-refractivity contribution is 5.08. The third-order valence-corrected chi connectivity index (χ3v) is 6.63. The lowest BCUT2D eigenvalue weighted by Gasteiger charge is -2.60. The highest BCUT2D eigenvalue weighted by Gasteiger charge is 2.55. The molecule has 0 radical (unpaired) electrons. The van der Waals surface area contributed by atoms with Gasteiger partial charge >= 0.3 is 0 Å². The number of likely N-dealkylation sites (N-methyl/N-ethyl adjacent to an activating group) is 1.